The minimum Gasteiger partial charge on any atom is -0.383 e. The SMILES string of the molecule is CCCN(CCOC)Cc1cccs1. The topological polar surface area (TPSA) is 12.5 Å². The highest BCUT2D eigenvalue weighted by Gasteiger charge is 2.04. The van der Waals surface area contributed by atoms with Crippen LogP contribution in [0.1, 0.15) is 18.2 Å². The van der Waals surface area contributed by atoms with Crippen molar-refractivity contribution in [3.8, 4) is 0 Å². The van der Waals surface area contributed by atoms with Crippen LogP contribution >= 0.6 is 11.3 Å². The minimum absolute atomic E-state index is 0.825. The zero-order valence-corrected chi connectivity index (χ0v) is 9.85. The van der Waals surface area contributed by atoms with Crippen LogP contribution in [-0.2, 0) is 11.3 Å². The van der Waals surface area contributed by atoms with Crippen LogP contribution in [0.3, 0.4) is 0 Å². The summed E-state index contributed by atoms with van der Waals surface area (Å²) in [6, 6.07) is 4.31. The molecule has 0 spiro atoms. The minimum atomic E-state index is 0.825. The molecule has 0 fully saturated rings. The Balaban J connectivity index is 2.34. The van der Waals surface area contributed by atoms with Gasteiger partial charge in [-0.1, -0.05) is 13.0 Å². The van der Waals surface area contributed by atoms with Crippen LogP contribution in [0.4, 0.5) is 0 Å². The summed E-state index contributed by atoms with van der Waals surface area (Å²) in [6.07, 6.45) is 1.20. The fourth-order valence-corrected chi connectivity index (χ4v) is 2.18. The van der Waals surface area contributed by atoms with E-state index in [0.717, 1.165) is 26.2 Å². The number of nitrogens with zero attached hydrogens (tertiary/aromatic N) is 1. The van der Waals surface area contributed by atoms with Crippen LogP contribution in [0, 0.1) is 0 Å². The van der Waals surface area contributed by atoms with Crippen LogP contribution in [0.2, 0.25) is 0 Å². The molecule has 0 atom stereocenters. The lowest BCUT2D eigenvalue weighted by molar-refractivity contribution is 0.144. The van der Waals surface area contributed by atoms with Gasteiger partial charge in [-0.3, -0.25) is 4.90 Å². The first-order valence-corrected chi connectivity index (χ1v) is 5.98. The van der Waals surface area contributed by atoms with Gasteiger partial charge in [-0.2, -0.15) is 0 Å². The van der Waals surface area contributed by atoms with Gasteiger partial charge in [-0.25, -0.2) is 0 Å². The lowest BCUT2D eigenvalue weighted by Crippen LogP contribution is -2.27. The van der Waals surface area contributed by atoms with E-state index in [2.05, 4.69) is 29.3 Å². The van der Waals surface area contributed by atoms with Crippen molar-refractivity contribution in [2.75, 3.05) is 26.8 Å². The van der Waals surface area contributed by atoms with Gasteiger partial charge in [0.15, 0.2) is 0 Å². The van der Waals surface area contributed by atoms with E-state index in [0.29, 0.717) is 0 Å². The Labute approximate surface area is 90.5 Å². The van der Waals surface area contributed by atoms with E-state index in [-0.39, 0.29) is 0 Å². The predicted octanol–water partition coefficient (Wildman–Crippen LogP) is 2.61. The molecule has 1 aromatic heterocycles. The van der Waals surface area contributed by atoms with Crippen LogP contribution in [0.5, 0.6) is 0 Å². The Morgan fingerprint density at radius 3 is 2.86 bits per heavy atom. The molecule has 0 bridgehead atoms. The van der Waals surface area contributed by atoms with Crippen molar-refractivity contribution in [3.63, 3.8) is 0 Å². The van der Waals surface area contributed by atoms with Crippen LogP contribution in [0.15, 0.2) is 17.5 Å². The summed E-state index contributed by atoms with van der Waals surface area (Å²) in [4.78, 5) is 3.88. The summed E-state index contributed by atoms with van der Waals surface area (Å²) in [5, 5.41) is 2.13. The number of thiophene rings is 1. The Morgan fingerprint density at radius 2 is 2.29 bits per heavy atom. The quantitative estimate of drug-likeness (QED) is 0.690. The molecule has 0 saturated heterocycles. The molecule has 0 saturated carbocycles. The highest BCUT2D eigenvalue weighted by molar-refractivity contribution is 7.09. The van der Waals surface area contributed by atoms with E-state index in [1.165, 1.54) is 11.3 Å². The van der Waals surface area contributed by atoms with E-state index in [9.17, 15) is 0 Å². The van der Waals surface area contributed by atoms with Crippen LogP contribution in [-0.4, -0.2) is 31.7 Å². The van der Waals surface area contributed by atoms with E-state index in [4.69, 9.17) is 4.74 Å². The summed E-state index contributed by atoms with van der Waals surface area (Å²) in [5.74, 6) is 0. The van der Waals surface area contributed by atoms with Crippen molar-refractivity contribution in [1.29, 1.82) is 0 Å². The average Bonchev–Trinajstić information content (AvgIpc) is 2.67. The first-order chi connectivity index (χ1) is 6.86. The van der Waals surface area contributed by atoms with Crippen LogP contribution < -0.4 is 0 Å². The van der Waals surface area contributed by atoms with E-state index in [1.807, 2.05) is 11.3 Å². The Bertz CT molecular complexity index is 223. The second-order valence-electron chi connectivity index (χ2n) is 3.35. The molecule has 80 valence electrons. The first kappa shape index (κ1) is 11.7. The third kappa shape index (κ3) is 4.22. The van der Waals surface area contributed by atoms with E-state index < -0.39 is 0 Å². The largest absolute Gasteiger partial charge is 0.383 e. The number of hydrogen-bond donors (Lipinski definition) is 0. The average molecular weight is 213 g/mol. The summed E-state index contributed by atoms with van der Waals surface area (Å²) in [7, 11) is 1.76. The summed E-state index contributed by atoms with van der Waals surface area (Å²) >= 11 is 1.83. The second kappa shape index (κ2) is 6.98. The van der Waals surface area contributed by atoms with Gasteiger partial charge >= 0.3 is 0 Å². The molecule has 0 N–H and O–H groups in total. The van der Waals surface area contributed by atoms with Gasteiger partial charge in [0.2, 0.25) is 0 Å². The number of methoxy groups -OCH3 is 1. The molecule has 1 aromatic rings. The van der Waals surface area contributed by atoms with Gasteiger partial charge in [0.25, 0.3) is 0 Å². The maximum Gasteiger partial charge on any atom is 0.0589 e. The Morgan fingerprint density at radius 1 is 1.43 bits per heavy atom. The van der Waals surface area contributed by atoms with E-state index >= 15 is 0 Å². The lowest BCUT2D eigenvalue weighted by Gasteiger charge is -2.20. The monoisotopic (exact) mass is 213 g/mol. The summed E-state index contributed by atoms with van der Waals surface area (Å²) < 4.78 is 5.10. The molecular formula is C11H19NOS. The first-order valence-electron chi connectivity index (χ1n) is 5.10. The fourth-order valence-electron chi connectivity index (χ4n) is 1.43. The van der Waals surface area contributed by atoms with E-state index in [1.54, 1.807) is 7.11 Å². The molecule has 0 aliphatic heterocycles. The highest BCUT2D eigenvalue weighted by Crippen LogP contribution is 2.11. The van der Waals surface area contributed by atoms with Crippen molar-refractivity contribution in [2.24, 2.45) is 0 Å². The van der Waals surface area contributed by atoms with Crippen LogP contribution in [0.25, 0.3) is 0 Å². The lowest BCUT2D eigenvalue weighted by atomic mass is 10.3. The van der Waals surface area contributed by atoms with Crippen molar-refractivity contribution in [3.05, 3.63) is 22.4 Å². The molecule has 0 amide bonds. The zero-order valence-electron chi connectivity index (χ0n) is 9.03. The Kier molecular flexibility index (Phi) is 5.83. The van der Waals surface area contributed by atoms with Crippen molar-refractivity contribution >= 4 is 11.3 Å². The maximum atomic E-state index is 5.10. The van der Waals surface area contributed by atoms with Crippen molar-refractivity contribution in [2.45, 2.75) is 19.9 Å². The van der Waals surface area contributed by atoms with Gasteiger partial charge in [-0.15, -0.1) is 11.3 Å². The molecule has 0 radical (unpaired) electrons. The van der Waals surface area contributed by atoms with Gasteiger partial charge in [0.1, 0.15) is 0 Å². The fraction of sp³-hybridized carbons (Fsp3) is 0.636. The number of rotatable bonds is 7. The standard InChI is InChI=1S/C11H19NOS/c1-3-6-12(7-8-13-2)10-11-5-4-9-14-11/h4-5,9H,3,6-8,10H2,1-2H3. The van der Waals surface area contributed by atoms with Gasteiger partial charge in [0.05, 0.1) is 6.61 Å². The third-order valence-electron chi connectivity index (χ3n) is 2.11. The second-order valence-corrected chi connectivity index (χ2v) is 4.38. The van der Waals surface area contributed by atoms with Gasteiger partial charge in [0, 0.05) is 25.1 Å². The maximum absolute atomic E-state index is 5.10. The Hall–Kier alpha value is -0.380. The molecular weight excluding hydrogens is 194 g/mol. The van der Waals surface area contributed by atoms with Crippen molar-refractivity contribution < 1.29 is 4.74 Å². The third-order valence-corrected chi connectivity index (χ3v) is 2.97. The molecule has 0 aliphatic rings. The van der Waals surface area contributed by atoms with Crippen molar-refractivity contribution in [1.82, 2.24) is 4.90 Å². The molecule has 0 aromatic carbocycles. The molecule has 3 heteroatoms. The highest BCUT2D eigenvalue weighted by atomic mass is 32.1. The summed E-state index contributed by atoms with van der Waals surface area (Å²) in [6.45, 7) is 6.29. The molecule has 2 nitrogen and oxygen atoms in total. The predicted molar refractivity (Wildman–Crippen MR) is 61.8 cm³/mol. The molecule has 0 aliphatic carbocycles. The molecule has 0 unspecified atom stereocenters. The van der Waals surface area contributed by atoms with Gasteiger partial charge in [-0.05, 0) is 24.4 Å². The zero-order chi connectivity index (χ0) is 10.2. The number of hydrogen-bond acceptors (Lipinski definition) is 3. The normalized spacial score (nSPS) is 11.1. The summed E-state index contributed by atoms with van der Waals surface area (Å²) in [5.41, 5.74) is 0. The molecule has 14 heavy (non-hydrogen) atoms. The molecule has 1 rings (SSSR count). The smallest absolute Gasteiger partial charge is 0.0589 e. The number of ether oxygens (including phenoxy) is 1. The van der Waals surface area contributed by atoms with Gasteiger partial charge < -0.3 is 4.74 Å². The molecule has 1 heterocycles.